The van der Waals surface area contributed by atoms with Gasteiger partial charge in [0.25, 0.3) is 0 Å². The van der Waals surface area contributed by atoms with E-state index in [1.54, 1.807) is 0 Å². The van der Waals surface area contributed by atoms with Gasteiger partial charge in [0, 0.05) is 17.1 Å². The summed E-state index contributed by atoms with van der Waals surface area (Å²) >= 11 is 0. The summed E-state index contributed by atoms with van der Waals surface area (Å²) in [5.74, 6) is 0.613. The maximum atomic E-state index is 4.52. The van der Waals surface area contributed by atoms with Crippen molar-refractivity contribution in [1.82, 2.24) is 10.3 Å². The first-order chi connectivity index (χ1) is 8.94. The number of pyridine rings is 1. The van der Waals surface area contributed by atoms with Crippen molar-refractivity contribution in [3.05, 3.63) is 42.1 Å². The van der Waals surface area contributed by atoms with Gasteiger partial charge in [-0.15, -0.1) is 0 Å². The third-order valence-corrected chi connectivity index (χ3v) is 3.21. The van der Waals surface area contributed by atoms with Crippen LogP contribution in [0.4, 0.5) is 0 Å². The van der Waals surface area contributed by atoms with Crippen LogP contribution in [0.15, 0.2) is 36.5 Å². The number of rotatable bonds is 4. The molecule has 1 aromatic carbocycles. The van der Waals surface area contributed by atoms with E-state index in [4.69, 9.17) is 0 Å². The summed E-state index contributed by atoms with van der Waals surface area (Å²) in [5.41, 5.74) is 2.59. The van der Waals surface area contributed by atoms with Crippen LogP contribution in [-0.4, -0.2) is 17.1 Å². The molecule has 102 valence electrons. The molecule has 2 aromatic rings. The van der Waals surface area contributed by atoms with Gasteiger partial charge in [0.2, 0.25) is 0 Å². The van der Waals surface area contributed by atoms with E-state index in [1.807, 2.05) is 12.3 Å². The molecule has 1 heterocycles. The first kappa shape index (κ1) is 14.0. The van der Waals surface area contributed by atoms with Gasteiger partial charge < -0.3 is 5.32 Å². The van der Waals surface area contributed by atoms with Crippen LogP contribution in [0.2, 0.25) is 0 Å². The van der Waals surface area contributed by atoms with Crippen molar-refractivity contribution in [1.29, 1.82) is 0 Å². The Balaban J connectivity index is 2.00. The lowest BCUT2D eigenvalue weighted by Crippen LogP contribution is -2.39. The Morgan fingerprint density at radius 1 is 1.21 bits per heavy atom. The Morgan fingerprint density at radius 2 is 1.95 bits per heavy atom. The maximum absolute atomic E-state index is 4.52. The zero-order chi connectivity index (χ0) is 13.9. The first-order valence-electron chi connectivity index (χ1n) is 7.03. The standard InChI is InChI=1S/C17H24N2/c1-13(11-19-17(2,3)4)9-14-10-15-7-5-6-8-16(15)18-12-14/h5-8,10,12-13,19H,9,11H2,1-4H3. The molecular weight excluding hydrogens is 232 g/mol. The second-order valence-electron chi connectivity index (χ2n) is 6.48. The monoisotopic (exact) mass is 256 g/mol. The molecule has 0 saturated heterocycles. The lowest BCUT2D eigenvalue weighted by Gasteiger charge is -2.23. The van der Waals surface area contributed by atoms with E-state index >= 15 is 0 Å². The number of nitrogens with one attached hydrogen (secondary N) is 1. The van der Waals surface area contributed by atoms with E-state index in [9.17, 15) is 0 Å². The van der Waals surface area contributed by atoms with E-state index in [-0.39, 0.29) is 5.54 Å². The molecule has 1 aromatic heterocycles. The fraction of sp³-hybridized carbons (Fsp3) is 0.471. The fourth-order valence-corrected chi connectivity index (χ4v) is 2.18. The predicted octanol–water partition coefficient (Wildman–Crippen LogP) is 3.80. The number of hydrogen-bond acceptors (Lipinski definition) is 2. The van der Waals surface area contributed by atoms with Crippen LogP contribution in [0.25, 0.3) is 10.9 Å². The summed E-state index contributed by atoms with van der Waals surface area (Å²) in [7, 11) is 0. The van der Waals surface area contributed by atoms with Gasteiger partial charge in [-0.1, -0.05) is 25.1 Å². The van der Waals surface area contributed by atoms with E-state index in [0.717, 1.165) is 18.5 Å². The topological polar surface area (TPSA) is 24.9 Å². The zero-order valence-corrected chi connectivity index (χ0v) is 12.4. The quantitative estimate of drug-likeness (QED) is 0.900. The SMILES string of the molecule is CC(CNC(C)(C)C)Cc1cnc2ccccc2c1. The molecule has 2 heteroatoms. The molecule has 0 aliphatic carbocycles. The van der Waals surface area contributed by atoms with Crippen LogP contribution in [-0.2, 0) is 6.42 Å². The van der Waals surface area contributed by atoms with Crippen molar-refractivity contribution < 1.29 is 0 Å². The zero-order valence-electron chi connectivity index (χ0n) is 12.4. The summed E-state index contributed by atoms with van der Waals surface area (Å²) in [6, 6.07) is 10.5. The molecule has 2 rings (SSSR count). The highest BCUT2D eigenvalue weighted by Crippen LogP contribution is 2.15. The highest BCUT2D eigenvalue weighted by atomic mass is 14.9. The number of fused-ring (bicyclic) bond motifs is 1. The lowest BCUT2D eigenvalue weighted by molar-refractivity contribution is 0.381. The van der Waals surface area contributed by atoms with Crippen LogP contribution >= 0.6 is 0 Å². The number of benzene rings is 1. The van der Waals surface area contributed by atoms with Gasteiger partial charge in [-0.25, -0.2) is 0 Å². The van der Waals surface area contributed by atoms with Crippen molar-refractivity contribution >= 4 is 10.9 Å². The van der Waals surface area contributed by atoms with Gasteiger partial charge >= 0.3 is 0 Å². The molecule has 1 atom stereocenters. The highest BCUT2D eigenvalue weighted by molar-refractivity contribution is 5.78. The van der Waals surface area contributed by atoms with E-state index in [0.29, 0.717) is 5.92 Å². The highest BCUT2D eigenvalue weighted by Gasteiger charge is 2.11. The fourth-order valence-electron chi connectivity index (χ4n) is 2.18. The van der Waals surface area contributed by atoms with E-state index in [2.05, 4.69) is 62.3 Å². The van der Waals surface area contributed by atoms with Gasteiger partial charge in [0.15, 0.2) is 0 Å². The minimum atomic E-state index is 0.190. The van der Waals surface area contributed by atoms with Crippen molar-refractivity contribution in [2.75, 3.05) is 6.54 Å². The predicted molar refractivity (Wildman–Crippen MR) is 82.4 cm³/mol. The number of para-hydroxylation sites is 1. The van der Waals surface area contributed by atoms with Crippen molar-refractivity contribution in [2.45, 2.75) is 39.7 Å². The molecule has 1 unspecified atom stereocenters. The van der Waals surface area contributed by atoms with Gasteiger partial charge in [-0.05, 0) is 57.4 Å². The Labute approximate surface area is 116 Å². The average molecular weight is 256 g/mol. The first-order valence-corrected chi connectivity index (χ1v) is 7.03. The normalized spacial score (nSPS) is 13.7. The Hall–Kier alpha value is -1.41. The van der Waals surface area contributed by atoms with Crippen LogP contribution in [0.3, 0.4) is 0 Å². The Morgan fingerprint density at radius 3 is 2.68 bits per heavy atom. The molecule has 0 aliphatic heterocycles. The third kappa shape index (κ3) is 4.32. The smallest absolute Gasteiger partial charge is 0.0702 e. The van der Waals surface area contributed by atoms with E-state index in [1.165, 1.54) is 10.9 Å². The second kappa shape index (κ2) is 5.70. The molecular formula is C17H24N2. The van der Waals surface area contributed by atoms with Crippen LogP contribution in [0.1, 0.15) is 33.3 Å². The van der Waals surface area contributed by atoms with Crippen LogP contribution in [0.5, 0.6) is 0 Å². The number of aromatic nitrogens is 1. The van der Waals surface area contributed by atoms with Crippen molar-refractivity contribution in [3.8, 4) is 0 Å². The minimum Gasteiger partial charge on any atom is -0.312 e. The lowest BCUT2D eigenvalue weighted by atomic mass is 9.99. The van der Waals surface area contributed by atoms with Gasteiger partial charge in [-0.2, -0.15) is 0 Å². The van der Waals surface area contributed by atoms with Gasteiger partial charge in [0.1, 0.15) is 0 Å². The molecule has 19 heavy (non-hydrogen) atoms. The van der Waals surface area contributed by atoms with Gasteiger partial charge in [0.05, 0.1) is 5.52 Å². The molecule has 0 radical (unpaired) electrons. The molecule has 0 aliphatic rings. The molecule has 1 N–H and O–H groups in total. The van der Waals surface area contributed by atoms with Crippen molar-refractivity contribution in [3.63, 3.8) is 0 Å². The molecule has 0 amide bonds. The summed E-state index contributed by atoms with van der Waals surface area (Å²) in [6.07, 6.45) is 3.08. The average Bonchev–Trinajstić information content (AvgIpc) is 2.35. The summed E-state index contributed by atoms with van der Waals surface area (Å²) in [6.45, 7) is 9.94. The molecule has 0 fully saturated rings. The molecule has 0 bridgehead atoms. The van der Waals surface area contributed by atoms with E-state index < -0.39 is 0 Å². The summed E-state index contributed by atoms with van der Waals surface area (Å²) in [5, 5.41) is 4.79. The van der Waals surface area contributed by atoms with Gasteiger partial charge in [-0.3, -0.25) is 4.98 Å². The number of nitrogens with zero attached hydrogens (tertiary/aromatic N) is 1. The summed E-state index contributed by atoms with van der Waals surface area (Å²) in [4.78, 5) is 4.52. The maximum Gasteiger partial charge on any atom is 0.0702 e. The summed E-state index contributed by atoms with van der Waals surface area (Å²) < 4.78 is 0. The number of hydrogen-bond donors (Lipinski definition) is 1. The molecule has 2 nitrogen and oxygen atoms in total. The second-order valence-corrected chi connectivity index (χ2v) is 6.48. The third-order valence-electron chi connectivity index (χ3n) is 3.21. The van der Waals surface area contributed by atoms with Crippen molar-refractivity contribution in [2.24, 2.45) is 5.92 Å². The van der Waals surface area contributed by atoms with Crippen LogP contribution < -0.4 is 5.32 Å². The Kier molecular flexibility index (Phi) is 4.20. The Bertz CT molecular complexity index is 540. The molecule has 0 spiro atoms. The molecule has 0 saturated carbocycles. The largest absolute Gasteiger partial charge is 0.312 e. The van der Waals surface area contributed by atoms with Crippen LogP contribution in [0, 0.1) is 5.92 Å². The minimum absolute atomic E-state index is 0.190.